The molecule has 7 atom stereocenters. The molecule has 0 aromatic heterocycles. The van der Waals surface area contributed by atoms with Gasteiger partial charge in [-0.3, -0.25) is 4.18 Å². The monoisotopic (exact) mass is 488 g/mol. The topological polar surface area (TPSA) is 61.8 Å². The van der Waals surface area contributed by atoms with Crippen molar-refractivity contribution in [1.82, 2.24) is 0 Å². The Labute approximate surface area is 205 Å². The summed E-state index contributed by atoms with van der Waals surface area (Å²) in [6.45, 7) is 8.25. The van der Waals surface area contributed by atoms with Crippen molar-refractivity contribution in [2.45, 2.75) is 95.3 Å². The molecule has 4 aliphatic carbocycles. The summed E-state index contributed by atoms with van der Waals surface area (Å²) in [5.41, 5.74) is 1.22. The van der Waals surface area contributed by atoms with Crippen molar-refractivity contribution in [2.75, 3.05) is 13.2 Å². The molecule has 1 aromatic rings. The number of hydrogen-bond acceptors (Lipinski definition) is 5. The van der Waals surface area contributed by atoms with Crippen LogP contribution in [0.5, 0.6) is 0 Å². The van der Waals surface area contributed by atoms with Gasteiger partial charge in [0.1, 0.15) is 0 Å². The lowest BCUT2D eigenvalue weighted by Gasteiger charge is -2.62. The maximum absolute atomic E-state index is 13.1. The summed E-state index contributed by atoms with van der Waals surface area (Å²) >= 11 is 0. The van der Waals surface area contributed by atoms with E-state index in [9.17, 15) is 8.42 Å². The van der Waals surface area contributed by atoms with Crippen molar-refractivity contribution in [3.63, 3.8) is 0 Å². The normalized spacial score (nSPS) is 43.3. The lowest BCUT2D eigenvalue weighted by Crippen LogP contribution is -2.57. The van der Waals surface area contributed by atoms with E-state index in [0.29, 0.717) is 17.8 Å². The van der Waals surface area contributed by atoms with Gasteiger partial charge in [-0.1, -0.05) is 31.5 Å². The van der Waals surface area contributed by atoms with E-state index >= 15 is 0 Å². The van der Waals surface area contributed by atoms with Crippen molar-refractivity contribution in [1.29, 1.82) is 0 Å². The lowest BCUT2D eigenvalue weighted by molar-refractivity contribution is -0.239. The predicted octanol–water partition coefficient (Wildman–Crippen LogP) is 5.85. The third-order valence-electron chi connectivity index (χ3n) is 10.9. The molecule has 34 heavy (non-hydrogen) atoms. The summed E-state index contributed by atoms with van der Waals surface area (Å²) in [4.78, 5) is 0.274. The number of ether oxygens (including phenoxy) is 2. The zero-order valence-electron chi connectivity index (χ0n) is 20.9. The van der Waals surface area contributed by atoms with Gasteiger partial charge in [-0.05, 0) is 98.5 Å². The lowest BCUT2D eigenvalue weighted by atomic mass is 9.44. The van der Waals surface area contributed by atoms with Crippen LogP contribution in [0.1, 0.15) is 77.2 Å². The van der Waals surface area contributed by atoms with E-state index in [0.717, 1.165) is 63.2 Å². The third-order valence-corrected chi connectivity index (χ3v) is 12.2. The van der Waals surface area contributed by atoms with Gasteiger partial charge in [0.05, 0.1) is 24.2 Å². The molecule has 0 amide bonds. The quantitative estimate of drug-likeness (QED) is 0.499. The fourth-order valence-electron chi connectivity index (χ4n) is 9.11. The standard InChI is InChI=1S/C28H40O5S/c1-19-4-7-21(8-5-19)34(29,30)33-25-11-10-23-22-9-6-20-12-15-28(31-16-17-32-28)18-27(20,3)24(22)13-14-26(23,25)2/h4-5,7-8,20,22-25H,6,9-18H2,1-3H3/t20-,22?,23?,24?,25?,26?,27?/m0/s1. The molecule has 1 spiro atoms. The van der Waals surface area contributed by atoms with Crippen molar-refractivity contribution >= 4 is 10.1 Å². The van der Waals surface area contributed by atoms with E-state index in [1.54, 1.807) is 12.1 Å². The van der Waals surface area contributed by atoms with E-state index in [-0.39, 0.29) is 27.6 Å². The molecule has 6 unspecified atom stereocenters. The van der Waals surface area contributed by atoms with Gasteiger partial charge in [0.25, 0.3) is 10.1 Å². The first kappa shape index (κ1) is 23.4. The highest BCUT2D eigenvalue weighted by atomic mass is 32.2. The molecule has 0 N–H and O–H groups in total. The number of benzene rings is 1. The zero-order valence-corrected chi connectivity index (χ0v) is 21.7. The van der Waals surface area contributed by atoms with E-state index < -0.39 is 10.1 Å². The molecule has 5 aliphatic rings. The number of aryl methyl sites for hydroxylation is 1. The molecule has 6 rings (SSSR count). The van der Waals surface area contributed by atoms with Crippen molar-refractivity contribution in [3.05, 3.63) is 29.8 Å². The van der Waals surface area contributed by atoms with Crippen LogP contribution in [0.2, 0.25) is 0 Å². The molecular weight excluding hydrogens is 448 g/mol. The minimum absolute atomic E-state index is 0.0746. The Kier molecular flexibility index (Phi) is 5.53. The molecule has 0 bridgehead atoms. The van der Waals surface area contributed by atoms with Crippen molar-refractivity contribution < 1.29 is 22.1 Å². The first-order chi connectivity index (χ1) is 16.2. The third kappa shape index (κ3) is 3.54. The summed E-state index contributed by atoms with van der Waals surface area (Å²) in [6.07, 6.45) is 9.73. The summed E-state index contributed by atoms with van der Waals surface area (Å²) in [5.74, 6) is 2.25. The van der Waals surface area contributed by atoms with Crippen LogP contribution in [0.25, 0.3) is 0 Å². The average molecular weight is 489 g/mol. The molecule has 1 aliphatic heterocycles. The van der Waals surface area contributed by atoms with Gasteiger partial charge in [0.2, 0.25) is 0 Å². The van der Waals surface area contributed by atoms with Crippen molar-refractivity contribution in [2.24, 2.45) is 34.5 Å². The van der Waals surface area contributed by atoms with Crippen LogP contribution < -0.4 is 0 Å². The number of fused-ring (bicyclic) bond motifs is 5. The second-order valence-corrected chi connectivity index (χ2v) is 14.0. The van der Waals surface area contributed by atoms with Crippen LogP contribution in [-0.2, 0) is 23.8 Å². The summed E-state index contributed by atoms with van der Waals surface area (Å²) in [6, 6.07) is 7.03. The minimum atomic E-state index is -3.76. The summed E-state index contributed by atoms with van der Waals surface area (Å²) in [5, 5.41) is 0. The largest absolute Gasteiger partial charge is 0.348 e. The van der Waals surface area contributed by atoms with E-state index in [1.807, 2.05) is 19.1 Å². The van der Waals surface area contributed by atoms with Crippen molar-refractivity contribution in [3.8, 4) is 0 Å². The maximum atomic E-state index is 13.1. The molecule has 4 saturated carbocycles. The highest BCUT2D eigenvalue weighted by molar-refractivity contribution is 7.86. The average Bonchev–Trinajstić information content (AvgIpc) is 3.37. The molecule has 5 fully saturated rings. The Morgan fingerprint density at radius 2 is 1.56 bits per heavy atom. The Morgan fingerprint density at radius 1 is 0.853 bits per heavy atom. The predicted molar refractivity (Wildman–Crippen MR) is 130 cm³/mol. The molecule has 5 nitrogen and oxygen atoms in total. The SMILES string of the molecule is Cc1ccc(S(=O)(=O)OC2CCC3C4CC[C@H]5CCC6(CC5(C)C4CCC23C)OCCO6)cc1. The van der Waals surface area contributed by atoms with Gasteiger partial charge >= 0.3 is 0 Å². The van der Waals surface area contributed by atoms with Gasteiger partial charge in [-0.15, -0.1) is 0 Å². The van der Waals surface area contributed by atoms with Gasteiger partial charge in [-0.25, -0.2) is 0 Å². The highest BCUT2D eigenvalue weighted by Gasteiger charge is 2.63. The first-order valence-electron chi connectivity index (χ1n) is 13.4. The smallest absolute Gasteiger partial charge is 0.297 e. The van der Waals surface area contributed by atoms with Crippen LogP contribution in [0, 0.1) is 41.4 Å². The molecule has 0 radical (unpaired) electrons. The zero-order chi connectivity index (χ0) is 23.8. The van der Waals surface area contributed by atoms with Crippen LogP contribution in [0.3, 0.4) is 0 Å². The molecule has 6 heteroatoms. The molecule has 1 heterocycles. The Bertz CT molecular complexity index is 1030. The van der Waals surface area contributed by atoms with Crippen LogP contribution in [0.4, 0.5) is 0 Å². The molecule has 1 aromatic carbocycles. The summed E-state index contributed by atoms with van der Waals surface area (Å²) < 4.78 is 44.7. The van der Waals surface area contributed by atoms with Gasteiger partial charge < -0.3 is 9.47 Å². The van der Waals surface area contributed by atoms with Gasteiger partial charge in [-0.2, -0.15) is 8.42 Å². The van der Waals surface area contributed by atoms with E-state index in [1.165, 1.54) is 19.3 Å². The summed E-state index contributed by atoms with van der Waals surface area (Å²) in [7, 11) is -3.76. The minimum Gasteiger partial charge on any atom is -0.348 e. The fraction of sp³-hybridized carbons (Fsp3) is 0.786. The van der Waals surface area contributed by atoms with E-state index in [2.05, 4.69) is 13.8 Å². The second-order valence-electron chi connectivity index (χ2n) is 12.5. The highest BCUT2D eigenvalue weighted by Crippen LogP contribution is 2.68. The molecular formula is C28H40O5S. The van der Waals surface area contributed by atoms with Gasteiger partial charge in [0.15, 0.2) is 5.79 Å². The Morgan fingerprint density at radius 3 is 2.29 bits per heavy atom. The van der Waals surface area contributed by atoms with Crippen LogP contribution in [0.15, 0.2) is 29.2 Å². The van der Waals surface area contributed by atoms with Crippen LogP contribution in [-0.4, -0.2) is 33.5 Å². The molecule has 188 valence electrons. The second kappa shape index (κ2) is 8.03. The first-order valence-corrected chi connectivity index (χ1v) is 14.8. The number of hydrogen-bond donors (Lipinski definition) is 0. The fourth-order valence-corrected chi connectivity index (χ4v) is 10.3. The number of rotatable bonds is 3. The molecule has 1 saturated heterocycles. The Hall–Kier alpha value is -0.950. The van der Waals surface area contributed by atoms with E-state index in [4.69, 9.17) is 13.7 Å². The van der Waals surface area contributed by atoms with Gasteiger partial charge in [0, 0.05) is 12.8 Å². The van der Waals surface area contributed by atoms with Crippen LogP contribution >= 0.6 is 0 Å². The maximum Gasteiger partial charge on any atom is 0.297 e. The Balaban J connectivity index is 1.23.